The van der Waals surface area contributed by atoms with Crippen LogP contribution in [0.4, 0.5) is 5.69 Å². The summed E-state index contributed by atoms with van der Waals surface area (Å²) in [6.45, 7) is 0.744. The highest BCUT2D eigenvalue weighted by molar-refractivity contribution is 7.88. The van der Waals surface area contributed by atoms with Gasteiger partial charge in [0.25, 0.3) is 5.91 Å². The standard InChI is InChI=1S/C17H23N3O4S/c1-25(23,24)20-10-8-13(9-11-20)17(22)18-14-4-2-12(3-5-14)16(21)19-15-6-7-15/h2-5,13,15H,6-11H2,1H3,(H,18,22)(H,19,21). The maximum absolute atomic E-state index is 12.3. The van der Waals surface area contributed by atoms with Crippen molar-refractivity contribution in [3.8, 4) is 0 Å². The predicted molar refractivity (Wildman–Crippen MR) is 94.7 cm³/mol. The zero-order chi connectivity index (χ0) is 18.0. The lowest BCUT2D eigenvalue weighted by Gasteiger charge is -2.29. The Labute approximate surface area is 147 Å². The molecule has 0 spiro atoms. The lowest BCUT2D eigenvalue weighted by atomic mass is 9.97. The first-order valence-electron chi connectivity index (χ1n) is 8.50. The molecule has 1 saturated heterocycles. The Hall–Kier alpha value is -1.93. The molecule has 0 atom stereocenters. The number of sulfonamides is 1. The first-order valence-corrected chi connectivity index (χ1v) is 10.3. The molecule has 7 nitrogen and oxygen atoms in total. The van der Waals surface area contributed by atoms with Gasteiger partial charge in [0.2, 0.25) is 15.9 Å². The topological polar surface area (TPSA) is 95.6 Å². The number of carbonyl (C=O) groups is 2. The summed E-state index contributed by atoms with van der Waals surface area (Å²) in [5.41, 5.74) is 1.21. The molecule has 1 saturated carbocycles. The van der Waals surface area contributed by atoms with Crippen LogP contribution >= 0.6 is 0 Å². The molecule has 136 valence electrons. The second-order valence-electron chi connectivity index (χ2n) is 6.75. The van der Waals surface area contributed by atoms with Crippen LogP contribution in [-0.2, 0) is 14.8 Å². The number of hydrogen-bond acceptors (Lipinski definition) is 4. The van der Waals surface area contributed by atoms with Crippen molar-refractivity contribution in [3.05, 3.63) is 29.8 Å². The molecular formula is C17H23N3O4S. The third kappa shape index (κ3) is 4.79. The summed E-state index contributed by atoms with van der Waals surface area (Å²) in [7, 11) is -3.19. The highest BCUT2D eigenvalue weighted by Crippen LogP contribution is 2.22. The number of carbonyl (C=O) groups excluding carboxylic acids is 2. The Morgan fingerprint density at radius 1 is 1.04 bits per heavy atom. The van der Waals surface area contributed by atoms with Crippen LogP contribution in [-0.4, -0.2) is 49.9 Å². The van der Waals surface area contributed by atoms with Gasteiger partial charge in [-0.1, -0.05) is 0 Å². The molecule has 2 amide bonds. The number of nitrogens with one attached hydrogen (secondary N) is 2. The lowest BCUT2D eigenvalue weighted by molar-refractivity contribution is -0.120. The van der Waals surface area contributed by atoms with Crippen LogP contribution in [0.5, 0.6) is 0 Å². The Bertz CT molecular complexity index is 749. The van der Waals surface area contributed by atoms with Crippen molar-refractivity contribution in [2.75, 3.05) is 24.7 Å². The number of amides is 2. The molecule has 2 fully saturated rings. The smallest absolute Gasteiger partial charge is 0.251 e. The van der Waals surface area contributed by atoms with Crippen LogP contribution in [0.15, 0.2) is 24.3 Å². The van der Waals surface area contributed by atoms with Gasteiger partial charge in [-0.3, -0.25) is 9.59 Å². The highest BCUT2D eigenvalue weighted by atomic mass is 32.2. The number of piperidine rings is 1. The van der Waals surface area contributed by atoms with E-state index in [2.05, 4.69) is 10.6 Å². The monoisotopic (exact) mass is 365 g/mol. The zero-order valence-electron chi connectivity index (χ0n) is 14.2. The zero-order valence-corrected chi connectivity index (χ0v) is 15.0. The Kier molecular flexibility index (Phi) is 5.10. The minimum Gasteiger partial charge on any atom is -0.349 e. The molecule has 1 aliphatic carbocycles. The number of benzene rings is 1. The largest absolute Gasteiger partial charge is 0.349 e. The second kappa shape index (κ2) is 7.13. The van der Waals surface area contributed by atoms with E-state index in [9.17, 15) is 18.0 Å². The summed E-state index contributed by atoms with van der Waals surface area (Å²) in [5, 5.41) is 5.76. The van der Waals surface area contributed by atoms with Gasteiger partial charge in [-0.15, -0.1) is 0 Å². The summed E-state index contributed by atoms with van der Waals surface area (Å²) in [6, 6.07) is 7.13. The second-order valence-corrected chi connectivity index (χ2v) is 8.73. The molecule has 0 unspecified atom stereocenters. The molecule has 3 rings (SSSR count). The first kappa shape index (κ1) is 17.9. The van der Waals surface area contributed by atoms with Gasteiger partial charge >= 0.3 is 0 Å². The summed E-state index contributed by atoms with van der Waals surface area (Å²) < 4.78 is 24.4. The van der Waals surface area contributed by atoms with Gasteiger partial charge in [0.05, 0.1) is 6.26 Å². The van der Waals surface area contributed by atoms with Crippen molar-refractivity contribution in [2.24, 2.45) is 5.92 Å². The number of hydrogen-bond donors (Lipinski definition) is 2. The average molecular weight is 365 g/mol. The maximum Gasteiger partial charge on any atom is 0.251 e. The van der Waals surface area contributed by atoms with Crippen LogP contribution in [0.3, 0.4) is 0 Å². The molecule has 1 heterocycles. The van der Waals surface area contributed by atoms with Crippen LogP contribution < -0.4 is 10.6 Å². The molecule has 8 heteroatoms. The maximum atomic E-state index is 12.3. The normalized spacial score (nSPS) is 19.4. The van der Waals surface area contributed by atoms with Crippen molar-refractivity contribution >= 4 is 27.5 Å². The van der Waals surface area contributed by atoms with E-state index in [4.69, 9.17) is 0 Å². The Morgan fingerprint density at radius 3 is 2.16 bits per heavy atom. The van der Waals surface area contributed by atoms with E-state index in [0.29, 0.717) is 43.2 Å². The molecule has 0 bridgehead atoms. The molecule has 0 aromatic heterocycles. The Morgan fingerprint density at radius 2 is 1.64 bits per heavy atom. The fraction of sp³-hybridized carbons (Fsp3) is 0.529. The highest BCUT2D eigenvalue weighted by Gasteiger charge is 2.29. The van der Waals surface area contributed by atoms with E-state index in [0.717, 1.165) is 12.8 Å². The minimum atomic E-state index is -3.19. The molecule has 1 aromatic carbocycles. The summed E-state index contributed by atoms with van der Waals surface area (Å²) in [6.07, 6.45) is 4.30. The lowest BCUT2D eigenvalue weighted by Crippen LogP contribution is -2.40. The van der Waals surface area contributed by atoms with Crippen molar-refractivity contribution in [3.63, 3.8) is 0 Å². The van der Waals surface area contributed by atoms with Crippen molar-refractivity contribution in [1.82, 2.24) is 9.62 Å². The summed E-state index contributed by atoms with van der Waals surface area (Å²) in [4.78, 5) is 24.3. The first-order chi connectivity index (χ1) is 11.8. The van der Waals surface area contributed by atoms with Crippen LogP contribution in [0.2, 0.25) is 0 Å². The summed E-state index contributed by atoms with van der Waals surface area (Å²) >= 11 is 0. The van der Waals surface area contributed by atoms with Gasteiger partial charge in [0.15, 0.2) is 0 Å². The van der Waals surface area contributed by atoms with E-state index < -0.39 is 10.0 Å². The minimum absolute atomic E-state index is 0.0893. The van der Waals surface area contributed by atoms with E-state index >= 15 is 0 Å². The predicted octanol–water partition coefficient (Wildman–Crippen LogP) is 1.19. The van der Waals surface area contributed by atoms with E-state index in [-0.39, 0.29) is 17.7 Å². The van der Waals surface area contributed by atoms with Crippen molar-refractivity contribution < 1.29 is 18.0 Å². The van der Waals surface area contributed by atoms with Crippen LogP contribution in [0, 0.1) is 5.92 Å². The van der Waals surface area contributed by atoms with Crippen LogP contribution in [0.1, 0.15) is 36.0 Å². The molecule has 1 aliphatic heterocycles. The third-order valence-electron chi connectivity index (χ3n) is 4.62. The quantitative estimate of drug-likeness (QED) is 0.819. The van der Waals surface area contributed by atoms with Gasteiger partial charge in [0, 0.05) is 36.3 Å². The number of anilines is 1. The molecule has 25 heavy (non-hydrogen) atoms. The number of nitrogens with zero attached hydrogens (tertiary/aromatic N) is 1. The average Bonchev–Trinajstić information content (AvgIpc) is 3.38. The molecular weight excluding hydrogens is 342 g/mol. The molecule has 2 aliphatic rings. The molecule has 0 radical (unpaired) electrons. The Balaban J connectivity index is 1.52. The molecule has 1 aromatic rings. The van der Waals surface area contributed by atoms with Gasteiger partial charge in [-0.2, -0.15) is 0 Å². The van der Waals surface area contributed by atoms with Crippen molar-refractivity contribution in [2.45, 2.75) is 31.7 Å². The van der Waals surface area contributed by atoms with Crippen molar-refractivity contribution in [1.29, 1.82) is 0 Å². The fourth-order valence-electron chi connectivity index (χ4n) is 2.90. The van der Waals surface area contributed by atoms with Gasteiger partial charge in [0.1, 0.15) is 0 Å². The van der Waals surface area contributed by atoms with Crippen LogP contribution in [0.25, 0.3) is 0 Å². The van der Waals surface area contributed by atoms with E-state index in [1.807, 2.05) is 0 Å². The summed E-state index contributed by atoms with van der Waals surface area (Å²) in [5.74, 6) is -0.396. The van der Waals surface area contributed by atoms with Gasteiger partial charge in [-0.25, -0.2) is 12.7 Å². The fourth-order valence-corrected chi connectivity index (χ4v) is 3.77. The van der Waals surface area contributed by atoms with Gasteiger partial charge < -0.3 is 10.6 Å². The molecule has 2 N–H and O–H groups in total. The van der Waals surface area contributed by atoms with E-state index in [1.54, 1.807) is 24.3 Å². The van der Waals surface area contributed by atoms with Gasteiger partial charge in [-0.05, 0) is 49.9 Å². The SMILES string of the molecule is CS(=O)(=O)N1CCC(C(=O)Nc2ccc(C(=O)NC3CC3)cc2)CC1. The third-order valence-corrected chi connectivity index (χ3v) is 5.92. The van der Waals surface area contributed by atoms with E-state index in [1.165, 1.54) is 10.6 Å². The number of rotatable bonds is 5.